The summed E-state index contributed by atoms with van der Waals surface area (Å²) >= 11 is 0. The van der Waals surface area contributed by atoms with E-state index in [4.69, 9.17) is 28.7 Å². The molecule has 9 atom stereocenters. The molecule has 34 heteroatoms. The Bertz CT molecular complexity index is 2310. The predicted molar refractivity (Wildman–Crippen MR) is 296 cm³/mol. The van der Waals surface area contributed by atoms with E-state index in [9.17, 15) is 82.1 Å². The van der Waals surface area contributed by atoms with Gasteiger partial charge in [0.2, 0.25) is 82.7 Å². The topological polar surface area (TPSA) is 562 Å². The summed E-state index contributed by atoms with van der Waals surface area (Å²) in [5.74, 6) is -13.5. The molecule has 1 rings (SSSR count). The van der Waals surface area contributed by atoms with Gasteiger partial charge in [-0.3, -0.25) is 71.9 Å². The molecule has 0 radical (unpaired) electrons. The number of hydrogen-bond acceptors (Lipinski definition) is 19. The van der Waals surface area contributed by atoms with Gasteiger partial charge in [-0.05, 0) is 97.1 Å². The van der Waals surface area contributed by atoms with Crippen LogP contribution in [-0.4, -0.2) is 211 Å². The van der Waals surface area contributed by atoms with Crippen molar-refractivity contribution in [3.05, 3.63) is 0 Å². The number of hydrogen-bond donors (Lipinski definition) is 18. The highest BCUT2D eigenvalue weighted by Crippen LogP contribution is 2.21. The minimum atomic E-state index is -1.80. The molecule has 1 fully saturated rings. The zero-order valence-electron chi connectivity index (χ0n) is 48.0. The number of carboxylic acids is 1. The van der Waals surface area contributed by atoms with Crippen LogP contribution in [0.3, 0.4) is 0 Å². The predicted octanol–water partition coefficient (Wildman–Crippen LogP) is -8.89. The number of rotatable bonds is 41. The Morgan fingerprint density at radius 2 is 1.01 bits per heavy atom. The van der Waals surface area contributed by atoms with E-state index in [0.717, 1.165) is 6.92 Å². The molecule has 1 saturated heterocycles. The second-order valence-electron chi connectivity index (χ2n) is 20.4. The average Bonchev–Trinajstić information content (AvgIpc) is 4.10. The van der Waals surface area contributed by atoms with Crippen LogP contribution in [0.1, 0.15) is 111 Å². The molecule has 0 saturated carbocycles. The van der Waals surface area contributed by atoms with E-state index in [0.29, 0.717) is 38.8 Å². The summed E-state index contributed by atoms with van der Waals surface area (Å²) in [5, 5.41) is 45.5. The minimum Gasteiger partial charge on any atom is -0.481 e. The number of carboxylic acid groups (broad SMARTS) is 1. The maximum absolute atomic E-state index is 14.2. The number of amides is 14. The Morgan fingerprint density at radius 3 is 1.51 bits per heavy atom. The Balaban J connectivity index is 2.91. The monoisotopic (exact) mass is 1200 g/mol. The molecule has 0 aromatic carbocycles. The van der Waals surface area contributed by atoms with E-state index < -0.39 is 189 Å². The first-order valence-electron chi connectivity index (χ1n) is 27.6. The number of nitrogens with zero attached hydrogens (tertiary/aromatic N) is 1. The highest BCUT2D eigenvalue weighted by Gasteiger charge is 2.40. The van der Waals surface area contributed by atoms with Crippen molar-refractivity contribution in [3.63, 3.8) is 0 Å². The number of likely N-dealkylation sites (tertiary alicyclic amines) is 1. The second-order valence-corrected chi connectivity index (χ2v) is 20.4. The molecule has 1 aliphatic rings. The molecule has 23 N–H and O–H groups in total. The fraction of sp³-hybridized carbons (Fsp3) is 0.700. The summed E-state index contributed by atoms with van der Waals surface area (Å²) in [6.07, 6.45) is -0.186. The van der Waals surface area contributed by atoms with Crippen molar-refractivity contribution >= 4 is 88.7 Å². The molecule has 0 aliphatic carbocycles. The molecule has 1 aliphatic heterocycles. The van der Waals surface area contributed by atoms with Gasteiger partial charge < -0.3 is 102 Å². The van der Waals surface area contributed by atoms with E-state index in [2.05, 4.69) is 58.5 Å². The maximum atomic E-state index is 14.2. The Kier molecular flexibility index (Phi) is 34.7. The fourth-order valence-corrected chi connectivity index (χ4v) is 8.08. The SMILES string of the molecule is CC(C)C[C@H](NC(=O)[C@H](C)NC(=O)[C@H](CCC(N)=O)NC(=O)[C@@H](N)CCCCN)C(=O)N1CCC[C@H]1C(=O)N[C@@H](CCC(=O)O)C(=O)N[C@H](C(=O)NCC(=O)NCC(=O)NCC(=O)NCC(=O)NCC(=O)N[C@@H](CCCCN)C(N)=O)[C@@H](C)O. The second kappa shape index (κ2) is 39.4. The zero-order chi connectivity index (χ0) is 63.6. The summed E-state index contributed by atoms with van der Waals surface area (Å²) in [7, 11) is 0. The molecule has 474 valence electrons. The normalized spacial score (nSPS) is 15.6. The summed E-state index contributed by atoms with van der Waals surface area (Å²) < 4.78 is 0. The molecule has 0 bridgehead atoms. The van der Waals surface area contributed by atoms with Crippen LogP contribution in [-0.2, 0) is 71.9 Å². The van der Waals surface area contributed by atoms with E-state index in [-0.39, 0.29) is 57.4 Å². The average molecular weight is 1200 g/mol. The molecule has 34 nitrogen and oxygen atoms in total. The number of nitrogens with two attached hydrogens (primary N) is 5. The van der Waals surface area contributed by atoms with Gasteiger partial charge in [0.25, 0.3) is 0 Å². The first kappa shape index (κ1) is 73.9. The molecule has 84 heavy (non-hydrogen) atoms. The molecule has 0 spiro atoms. The summed E-state index contributed by atoms with van der Waals surface area (Å²) in [4.78, 5) is 192. The van der Waals surface area contributed by atoms with Crippen LogP contribution in [0.15, 0.2) is 0 Å². The Labute approximate surface area is 485 Å². The first-order valence-corrected chi connectivity index (χ1v) is 27.6. The van der Waals surface area contributed by atoms with Crippen LogP contribution < -0.4 is 87.2 Å². The zero-order valence-corrected chi connectivity index (χ0v) is 48.0. The molecule has 0 aromatic heterocycles. The van der Waals surface area contributed by atoms with Crippen molar-refractivity contribution in [2.75, 3.05) is 52.4 Å². The minimum absolute atomic E-state index is 0.0161. The number of aliphatic carboxylic acids is 1. The van der Waals surface area contributed by atoms with Crippen LogP contribution in [0, 0.1) is 5.92 Å². The Morgan fingerprint density at radius 1 is 0.524 bits per heavy atom. The van der Waals surface area contributed by atoms with Crippen LogP contribution in [0.4, 0.5) is 0 Å². The number of carbonyl (C=O) groups is 15. The third-order valence-corrected chi connectivity index (χ3v) is 12.7. The molecule has 1 heterocycles. The van der Waals surface area contributed by atoms with Crippen LogP contribution in [0.5, 0.6) is 0 Å². The van der Waals surface area contributed by atoms with E-state index >= 15 is 0 Å². The standard InChI is InChI=1S/C50H87N17O17/c1-26(2)20-33(65-44(78)27(3)61-46(80)31(13-15-35(54)69)63-45(79)29(53)10-5-7-17-51)50(84)67-19-9-12-34(67)48(82)64-32(14-16-41(75)76)47(81)66-42(28(4)68)49(83)60-24-39(73)58-22-37(71)56-21-36(70)57-23-38(72)59-25-40(74)62-30(43(55)77)11-6-8-18-52/h26-34,42,68H,5-25,51-53H2,1-4H3,(H2,54,69)(H2,55,77)(H,56,71)(H,57,70)(H,58,73)(H,59,72)(H,60,83)(H,61,80)(H,62,74)(H,63,79)(H,64,82)(H,65,78)(H,66,81)(H,75,76)/t27-,28+,29-,30-,31-,32-,33-,34-,42-/m0/s1. The van der Waals surface area contributed by atoms with Gasteiger partial charge in [0, 0.05) is 19.4 Å². The summed E-state index contributed by atoms with van der Waals surface area (Å²) in [5.41, 5.74) is 27.5. The number of aliphatic hydroxyl groups excluding tert-OH is 1. The van der Waals surface area contributed by atoms with E-state index in [1.54, 1.807) is 13.8 Å². The van der Waals surface area contributed by atoms with Crippen molar-refractivity contribution < 1.29 is 82.1 Å². The highest BCUT2D eigenvalue weighted by molar-refractivity contribution is 5.99. The number of unbranched alkanes of at least 4 members (excludes halogenated alkanes) is 2. The number of aliphatic hydroxyl groups is 1. The van der Waals surface area contributed by atoms with Crippen LogP contribution in [0.25, 0.3) is 0 Å². The number of nitrogens with one attached hydrogen (secondary N) is 11. The maximum Gasteiger partial charge on any atom is 0.303 e. The van der Waals surface area contributed by atoms with Crippen molar-refractivity contribution in [2.24, 2.45) is 34.6 Å². The first-order chi connectivity index (χ1) is 39.5. The molecule has 0 aromatic rings. The van der Waals surface area contributed by atoms with Crippen molar-refractivity contribution in [2.45, 2.75) is 166 Å². The Hall–Kier alpha value is -8.11. The third kappa shape index (κ3) is 29.7. The lowest BCUT2D eigenvalue weighted by Crippen LogP contribution is -2.60. The van der Waals surface area contributed by atoms with Crippen molar-refractivity contribution in [3.8, 4) is 0 Å². The molecule has 14 amide bonds. The van der Waals surface area contributed by atoms with Gasteiger partial charge in [-0.1, -0.05) is 20.3 Å². The van der Waals surface area contributed by atoms with E-state index in [1.807, 2.05) is 0 Å². The number of primary amides is 2. The quantitative estimate of drug-likeness (QED) is 0.0253. The lowest BCUT2D eigenvalue weighted by atomic mass is 10.0. The van der Waals surface area contributed by atoms with Gasteiger partial charge in [-0.25, -0.2) is 0 Å². The summed E-state index contributed by atoms with van der Waals surface area (Å²) in [6.45, 7) is 3.44. The van der Waals surface area contributed by atoms with Gasteiger partial charge in [-0.15, -0.1) is 0 Å². The van der Waals surface area contributed by atoms with Gasteiger partial charge in [-0.2, -0.15) is 0 Å². The van der Waals surface area contributed by atoms with Gasteiger partial charge in [0.15, 0.2) is 0 Å². The molecular weight excluding hydrogens is 1110 g/mol. The van der Waals surface area contributed by atoms with Crippen molar-refractivity contribution in [1.82, 2.24) is 63.4 Å². The summed E-state index contributed by atoms with van der Waals surface area (Å²) in [6, 6.07) is -10.6. The van der Waals surface area contributed by atoms with Gasteiger partial charge in [0.05, 0.1) is 44.9 Å². The molecular formula is C50H87N17O17. The van der Waals surface area contributed by atoms with Crippen LogP contribution in [0.2, 0.25) is 0 Å². The van der Waals surface area contributed by atoms with Gasteiger partial charge in [0.1, 0.15) is 42.3 Å². The van der Waals surface area contributed by atoms with Gasteiger partial charge >= 0.3 is 5.97 Å². The lowest BCUT2D eigenvalue weighted by molar-refractivity contribution is -0.143. The third-order valence-electron chi connectivity index (χ3n) is 12.7. The number of carbonyl (C=O) groups excluding carboxylic acids is 14. The fourth-order valence-electron chi connectivity index (χ4n) is 8.08. The highest BCUT2D eigenvalue weighted by atomic mass is 16.4. The van der Waals surface area contributed by atoms with E-state index in [1.165, 1.54) is 11.8 Å². The van der Waals surface area contributed by atoms with Crippen molar-refractivity contribution in [1.29, 1.82) is 0 Å². The largest absolute Gasteiger partial charge is 0.481 e. The lowest BCUT2D eigenvalue weighted by Gasteiger charge is -2.31. The molecule has 0 unspecified atom stereocenters. The smallest absolute Gasteiger partial charge is 0.303 e. The van der Waals surface area contributed by atoms with Crippen LogP contribution >= 0.6 is 0 Å².